The van der Waals surface area contributed by atoms with Gasteiger partial charge in [0.2, 0.25) is 23.8 Å². The van der Waals surface area contributed by atoms with Crippen LogP contribution in [0.3, 0.4) is 0 Å². The minimum absolute atomic E-state index is 0.0193. The summed E-state index contributed by atoms with van der Waals surface area (Å²) < 4.78 is 45.3. The fourth-order valence-electron chi connectivity index (χ4n) is 7.19. The maximum atomic E-state index is 14.1. The molecule has 4 heterocycles. The zero-order valence-electron chi connectivity index (χ0n) is 33.5. The third kappa shape index (κ3) is 9.64. The molecule has 0 radical (unpaired) electrons. The molecule has 3 aliphatic heterocycles. The predicted octanol–water partition coefficient (Wildman–Crippen LogP) is -1.95. The van der Waals surface area contributed by atoms with Gasteiger partial charge in [0, 0.05) is 23.8 Å². The lowest BCUT2D eigenvalue weighted by atomic mass is 9.97. The minimum Gasteiger partial charge on any atom is -0.508 e. The molecule has 1 aromatic heterocycles. The highest BCUT2D eigenvalue weighted by molar-refractivity contribution is 5.88. The van der Waals surface area contributed by atoms with Crippen molar-refractivity contribution in [3.05, 3.63) is 82.5 Å². The number of hydrogen-bond acceptors (Lipinski definition) is 22. The van der Waals surface area contributed by atoms with E-state index in [-0.39, 0.29) is 34.2 Å². The Morgan fingerprint density at radius 2 is 1.28 bits per heavy atom. The lowest BCUT2D eigenvalue weighted by Crippen LogP contribution is -2.64. The number of aliphatic hydroxyl groups excluding tert-OH is 9. The maximum absolute atomic E-state index is 14.1. The van der Waals surface area contributed by atoms with Crippen LogP contribution in [0.2, 0.25) is 0 Å². The summed E-state index contributed by atoms with van der Waals surface area (Å²) in [7, 11) is 0. The second-order valence-electron chi connectivity index (χ2n) is 15.2. The highest BCUT2D eigenvalue weighted by Gasteiger charge is 2.51. The van der Waals surface area contributed by atoms with E-state index in [1.165, 1.54) is 61.5 Å². The summed E-state index contributed by atoms with van der Waals surface area (Å²) in [6.07, 6.45) is -23.5. The SMILES string of the molecule is C[C@@H]1O[C@@H](Oc2cc(O)c3c(=O)c(O[C@@H]4O[C@H](CO)[C@@H](O)[C@@H](O)[C@H]4O)c(-c4ccc(O)cc4)oc3c2)[C@@H](O)[C@@H](O[C@@H]2O[C@H](COC(=O)C=Cc3ccc(O)cc3)[C@H](O)[C@H](O)[C@@H]2O)[C@H]1O. The average Bonchev–Trinajstić information content (AvgIpc) is 3.27. The van der Waals surface area contributed by atoms with Crippen LogP contribution in [0.25, 0.3) is 28.4 Å². The molecule has 3 fully saturated rings. The molecule has 22 nitrogen and oxygen atoms in total. The lowest BCUT2D eigenvalue weighted by Gasteiger charge is -2.45. The van der Waals surface area contributed by atoms with Gasteiger partial charge in [-0.2, -0.15) is 0 Å². The van der Waals surface area contributed by atoms with E-state index in [0.717, 1.165) is 18.2 Å². The Bertz CT molecular complexity index is 2330. The smallest absolute Gasteiger partial charge is 0.330 e. The second kappa shape index (κ2) is 19.3. The molecule has 0 saturated carbocycles. The van der Waals surface area contributed by atoms with Crippen molar-refractivity contribution in [1.82, 2.24) is 0 Å². The van der Waals surface area contributed by atoms with Crippen molar-refractivity contribution in [2.24, 2.45) is 0 Å². The van der Waals surface area contributed by atoms with E-state index in [0.29, 0.717) is 5.56 Å². The van der Waals surface area contributed by atoms with Crippen LogP contribution in [0.4, 0.5) is 0 Å². The summed E-state index contributed by atoms with van der Waals surface area (Å²) in [4.78, 5) is 26.5. The van der Waals surface area contributed by atoms with Gasteiger partial charge >= 0.3 is 5.97 Å². The van der Waals surface area contributed by atoms with Crippen molar-refractivity contribution in [3.8, 4) is 40.1 Å². The van der Waals surface area contributed by atoms with E-state index in [1.54, 1.807) is 0 Å². The molecule has 3 aliphatic rings. The quantitative estimate of drug-likeness (QED) is 0.0543. The van der Waals surface area contributed by atoms with Crippen LogP contribution in [-0.2, 0) is 28.5 Å². The van der Waals surface area contributed by atoms with Crippen molar-refractivity contribution < 1.29 is 104 Å². The normalized spacial score (nSPS) is 33.2. The highest BCUT2D eigenvalue weighted by Crippen LogP contribution is 2.39. The van der Waals surface area contributed by atoms with E-state index in [1.807, 2.05) is 0 Å². The lowest BCUT2D eigenvalue weighted by molar-refractivity contribution is -0.350. The number of hydrogen-bond donors (Lipinski definition) is 12. The molecule has 15 atom stereocenters. The summed E-state index contributed by atoms with van der Waals surface area (Å²) in [6.45, 7) is -0.0602. The van der Waals surface area contributed by atoms with Gasteiger partial charge in [-0.1, -0.05) is 12.1 Å². The molecular weight excluding hydrogens is 856 g/mol. The average molecular weight is 903 g/mol. The van der Waals surface area contributed by atoms with Gasteiger partial charge in [-0.25, -0.2) is 4.79 Å². The molecule has 22 heteroatoms. The first-order valence-corrected chi connectivity index (χ1v) is 19.7. The van der Waals surface area contributed by atoms with E-state index in [4.69, 9.17) is 37.6 Å². The Hall–Kier alpha value is -5.44. The summed E-state index contributed by atoms with van der Waals surface area (Å²) in [5.41, 5.74) is -0.712. The summed E-state index contributed by atoms with van der Waals surface area (Å²) in [6, 6.07) is 13.1. The van der Waals surface area contributed by atoms with Crippen molar-refractivity contribution >= 4 is 23.0 Å². The molecule has 0 aliphatic carbocycles. The maximum Gasteiger partial charge on any atom is 0.330 e. The number of phenolic OH excluding ortho intramolecular Hbond substituents is 3. The Morgan fingerprint density at radius 3 is 1.94 bits per heavy atom. The first-order valence-electron chi connectivity index (χ1n) is 19.7. The molecule has 346 valence electrons. The number of fused-ring (bicyclic) bond motifs is 1. The van der Waals surface area contributed by atoms with Crippen molar-refractivity contribution in [2.75, 3.05) is 13.2 Å². The number of aliphatic hydroxyl groups is 9. The number of aromatic hydroxyl groups is 3. The zero-order valence-corrected chi connectivity index (χ0v) is 33.5. The van der Waals surface area contributed by atoms with Crippen molar-refractivity contribution in [1.29, 1.82) is 0 Å². The second-order valence-corrected chi connectivity index (χ2v) is 15.2. The number of ether oxygens (including phenoxy) is 7. The van der Waals surface area contributed by atoms with E-state index >= 15 is 0 Å². The van der Waals surface area contributed by atoms with Gasteiger partial charge in [-0.3, -0.25) is 4.79 Å². The predicted molar refractivity (Wildman–Crippen MR) is 212 cm³/mol. The van der Waals surface area contributed by atoms with E-state index in [9.17, 15) is 70.9 Å². The Balaban J connectivity index is 1.10. The fourth-order valence-corrected chi connectivity index (χ4v) is 7.19. The van der Waals surface area contributed by atoms with Crippen molar-refractivity contribution in [3.63, 3.8) is 0 Å². The van der Waals surface area contributed by atoms with E-state index < -0.39 is 134 Å². The van der Waals surface area contributed by atoms with Crippen LogP contribution < -0.4 is 14.9 Å². The molecule has 12 N–H and O–H groups in total. The van der Waals surface area contributed by atoms with Gasteiger partial charge in [0.1, 0.15) is 108 Å². The summed E-state index contributed by atoms with van der Waals surface area (Å²) in [5, 5.41) is 125. The molecule has 0 amide bonds. The Kier molecular flexibility index (Phi) is 14.1. The molecule has 4 aromatic rings. The van der Waals surface area contributed by atoms with Crippen LogP contribution in [0.5, 0.6) is 28.7 Å². The molecule has 3 saturated heterocycles. The fraction of sp³-hybridized carbons (Fsp3) is 0.429. The van der Waals surface area contributed by atoms with Crippen LogP contribution in [0.15, 0.2) is 76.0 Å². The molecule has 3 aromatic carbocycles. The van der Waals surface area contributed by atoms with Gasteiger partial charge in [-0.15, -0.1) is 0 Å². The number of rotatable bonds is 12. The highest BCUT2D eigenvalue weighted by atomic mass is 16.7. The van der Waals surface area contributed by atoms with Gasteiger partial charge in [-0.05, 0) is 55.0 Å². The van der Waals surface area contributed by atoms with Crippen molar-refractivity contribution in [2.45, 2.75) is 99.0 Å². The van der Waals surface area contributed by atoms with Gasteiger partial charge < -0.3 is 98.9 Å². The van der Waals surface area contributed by atoms with Crippen LogP contribution >= 0.6 is 0 Å². The molecule has 0 bridgehead atoms. The molecule has 7 rings (SSSR count). The molecule has 64 heavy (non-hydrogen) atoms. The molecule has 0 unspecified atom stereocenters. The number of phenols is 3. The van der Waals surface area contributed by atoms with E-state index in [2.05, 4.69) is 0 Å². The number of benzene rings is 3. The van der Waals surface area contributed by atoms with Crippen LogP contribution in [-0.4, -0.2) is 173 Å². The Labute approximate surface area is 361 Å². The molecular formula is C42H46O22. The molecule has 0 spiro atoms. The summed E-state index contributed by atoms with van der Waals surface area (Å²) >= 11 is 0. The first-order chi connectivity index (χ1) is 30.4. The first kappa shape index (κ1) is 46.5. The van der Waals surface area contributed by atoms with Crippen LogP contribution in [0.1, 0.15) is 12.5 Å². The summed E-state index contributed by atoms with van der Waals surface area (Å²) in [5.74, 6) is -3.07. The van der Waals surface area contributed by atoms with Gasteiger partial charge in [0.25, 0.3) is 0 Å². The topological polar surface area (TPSA) is 355 Å². The number of carbonyl (C=O) groups is 1. The standard InChI is InChI=1S/C42H46O22/c1-16-28(48)38(63-41-35(55)33(53)30(50)25(62-41)15-57-26(47)11-4-17-2-7-19(44)8-3-17)36(56)42(58-16)59-21-12-22(46)27-23(13-21)60-37(18-5-9-20(45)10-6-18)39(31(27)51)64-40-34(54)32(52)29(49)24(14-43)61-40/h2-13,16,24-25,28-30,32-36,38,40-46,48-50,52-56H,14-15H2,1H3/t16-,24+,25+,28-,29+,30-,32+,33-,34+,35-,36-,38-,40-,41-,42-/m0/s1. The van der Waals surface area contributed by atoms with Gasteiger partial charge in [0.05, 0.1) is 12.7 Å². The number of carbonyl (C=O) groups excluding carboxylic acids is 1. The largest absolute Gasteiger partial charge is 0.508 e. The third-order valence-corrected chi connectivity index (χ3v) is 10.8. The zero-order chi connectivity index (χ0) is 46.1. The van der Waals surface area contributed by atoms with Gasteiger partial charge in [0.15, 0.2) is 12.1 Å². The third-order valence-electron chi connectivity index (χ3n) is 10.8. The van der Waals surface area contributed by atoms with Crippen LogP contribution in [0, 0.1) is 0 Å². The minimum atomic E-state index is -1.95. The monoisotopic (exact) mass is 902 g/mol. The Morgan fingerprint density at radius 1 is 0.688 bits per heavy atom. The number of esters is 1.